The molecule has 1 heterocycles. The van der Waals surface area contributed by atoms with E-state index in [4.69, 9.17) is 9.47 Å². The highest BCUT2D eigenvalue weighted by Gasteiger charge is 2.31. The van der Waals surface area contributed by atoms with Gasteiger partial charge in [0.25, 0.3) is 0 Å². The maximum atomic E-state index is 13.6. The van der Waals surface area contributed by atoms with E-state index in [0.29, 0.717) is 26.9 Å². The summed E-state index contributed by atoms with van der Waals surface area (Å²) in [5.74, 6) is -0.386. The van der Waals surface area contributed by atoms with Crippen LogP contribution in [0.1, 0.15) is 49.2 Å². The number of pyridine rings is 1. The Hall–Kier alpha value is -3.24. The Labute approximate surface area is 232 Å². The van der Waals surface area contributed by atoms with Crippen molar-refractivity contribution in [3.63, 3.8) is 0 Å². The lowest BCUT2D eigenvalue weighted by molar-refractivity contribution is 0.0584. The van der Waals surface area contributed by atoms with Gasteiger partial charge in [-0.15, -0.1) is 0 Å². The van der Waals surface area contributed by atoms with Crippen LogP contribution < -0.4 is 4.90 Å². The third-order valence-electron chi connectivity index (χ3n) is 5.78. The number of nitrogens with zero attached hydrogens (tertiary/aromatic N) is 2. The highest BCUT2D eigenvalue weighted by Crippen LogP contribution is 2.39. The molecule has 2 aromatic carbocycles. The number of aryl methyl sites for hydroxylation is 1. The van der Waals surface area contributed by atoms with Crippen LogP contribution in [0.2, 0.25) is 0 Å². The van der Waals surface area contributed by atoms with E-state index in [0.717, 1.165) is 5.56 Å². The summed E-state index contributed by atoms with van der Waals surface area (Å²) in [5, 5.41) is 0. The molecule has 10 heteroatoms. The molecule has 0 aliphatic rings. The van der Waals surface area contributed by atoms with Gasteiger partial charge in [0.05, 0.1) is 33.5 Å². The summed E-state index contributed by atoms with van der Waals surface area (Å²) in [4.78, 5) is 32.4. The number of anilines is 2. The number of hydrogen-bond donors (Lipinski definition) is 0. The quantitative estimate of drug-likeness (QED) is 0.286. The van der Waals surface area contributed by atoms with Gasteiger partial charge in [0.15, 0.2) is 15.7 Å². The van der Waals surface area contributed by atoms with Gasteiger partial charge in [0.2, 0.25) is 0 Å². The average Bonchev–Trinajstić information content (AvgIpc) is 2.86. The number of esters is 1. The summed E-state index contributed by atoms with van der Waals surface area (Å²) in [5.41, 5.74) is 2.08. The van der Waals surface area contributed by atoms with Crippen LogP contribution in [0.25, 0.3) is 11.1 Å². The average molecular weight is 604 g/mol. The van der Waals surface area contributed by atoms with Crippen LogP contribution in [-0.2, 0) is 19.3 Å². The molecule has 3 aromatic rings. The number of carbonyl (C=O) groups is 2. The van der Waals surface area contributed by atoms with Crippen molar-refractivity contribution in [2.45, 2.75) is 52.0 Å². The molecule has 3 rings (SSSR count). The summed E-state index contributed by atoms with van der Waals surface area (Å²) >= 11 is 3.54. The summed E-state index contributed by atoms with van der Waals surface area (Å²) < 4.78 is 36.5. The monoisotopic (exact) mass is 602 g/mol. The maximum Gasteiger partial charge on any atom is 0.420 e. The molecule has 1 aromatic heterocycles. The highest BCUT2D eigenvalue weighted by atomic mass is 79.9. The van der Waals surface area contributed by atoms with E-state index < -0.39 is 27.5 Å². The summed E-state index contributed by atoms with van der Waals surface area (Å²) in [7, 11) is -2.20. The summed E-state index contributed by atoms with van der Waals surface area (Å²) in [6.45, 7) is 10.4. The molecule has 0 N–H and O–H groups in total. The zero-order chi connectivity index (χ0) is 28.4. The van der Waals surface area contributed by atoms with Crippen LogP contribution in [0, 0.1) is 13.8 Å². The number of aromatic nitrogens is 1. The van der Waals surface area contributed by atoms with Crippen LogP contribution >= 0.6 is 15.9 Å². The molecule has 0 aliphatic heterocycles. The van der Waals surface area contributed by atoms with E-state index in [1.54, 1.807) is 77.2 Å². The van der Waals surface area contributed by atoms with E-state index in [9.17, 15) is 18.0 Å². The second-order valence-electron chi connectivity index (χ2n) is 9.67. The molecule has 0 atom stereocenters. The predicted octanol–water partition coefficient (Wildman–Crippen LogP) is 6.78. The van der Waals surface area contributed by atoms with Gasteiger partial charge in [-0.3, -0.25) is 0 Å². The van der Waals surface area contributed by atoms with E-state index in [-0.39, 0.29) is 22.0 Å². The Morgan fingerprint density at radius 1 is 1.05 bits per heavy atom. The summed E-state index contributed by atoms with van der Waals surface area (Å²) in [6.07, 6.45) is 0.876. The maximum absolute atomic E-state index is 13.6. The third-order valence-corrected chi connectivity index (χ3v) is 8.50. The van der Waals surface area contributed by atoms with Crippen molar-refractivity contribution in [2.75, 3.05) is 17.8 Å². The van der Waals surface area contributed by atoms with Gasteiger partial charge in [0.1, 0.15) is 5.60 Å². The molecule has 0 bridgehead atoms. The first kappa shape index (κ1) is 29.3. The first-order chi connectivity index (χ1) is 17.7. The lowest BCUT2D eigenvalue weighted by Crippen LogP contribution is -2.35. The number of amides is 1. The minimum atomic E-state index is -3.47. The van der Waals surface area contributed by atoms with E-state index >= 15 is 0 Å². The van der Waals surface area contributed by atoms with Crippen molar-refractivity contribution in [1.29, 1.82) is 0 Å². The molecule has 202 valence electrons. The largest absolute Gasteiger partial charge is 0.465 e. The third kappa shape index (κ3) is 6.24. The van der Waals surface area contributed by atoms with Crippen LogP contribution in [0.5, 0.6) is 0 Å². The SMILES string of the molecule is CCS(=O)(=O)c1cccc(-c2cc(C(=O)OC)c(C)c(N(C(=O)OC(C)(C)C)c3nccc(C)c3Br)c2)c1. The fourth-order valence-electron chi connectivity index (χ4n) is 3.74. The van der Waals surface area contributed by atoms with Crippen LogP contribution in [0.15, 0.2) is 58.0 Å². The molecule has 0 spiro atoms. The van der Waals surface area contributed by atoms with Crippen molar-refractivity contribution in [1.82, 2.24) is 4.98 Å². The Morgan fingerprint density at radius 3 is 2.34 bits per heavy atom. The number of benzene rings is 2. The minimum Gasteiger partial charge on any atom is -0.465 e. The predicted molar refractivity (Wildman–Crippen MR) is 151 cm³/mol. The molecule has 0 aliphatic carbocycles. The van der Waals surface area contributed by atoms with Crippen molar-refractivity contribution < 1.29 is 27.5 Å². The van der Waals surface area contributed by atoms with E-state index in [1.807, 2.05) is 6.92 Å². The fraction of sp³-hybridized carbons (Fsp3) is 0.321. The standard InChI is InChI=1S/C28H31BrN2O6S/c1-8-38(34,35)21-11-9-10-19(14-21)20-15-22(26(32)36-7)18(3)23(16-20)31(27(33)37-28(4,5)6)25-24(29)17(2)12-13-30-25/h9-16H,8H2,1-7H3. The van der Waals surface area contributed by atoms with Gasteiger partial charge in [-0.1, -0.05) is 19.1 Å². The zero-order valence-electron chi connectivity index (χ0n) is 22.5. The number of ether oxygens (including phenoxy) is 2. The van der Waals surface area contributed by atoms with E-state index in [1.165, 1.54) is 18.1 Å². The number of halogens is 1. The smallest absolute Gasteiger partial charge is 0.420 e. The number of methoxy groups -OCH3 is 1. The van der Waals surface area contributed by atoms with Crippen LogP contribution in [0.3, 0.4) is 0 Å². The van der Waals surface area contributed by atoms with Crippen molar-refractivity contribution in [2.24, 2.45) is 0 Å². The molecule has 0 saturated carbocycles. The van der Waals surface area contributed by atoms with Crippen molar-refractivity contribution >= 4 is 49.3 Å². The topological polar surface area (TPSA) is 103 Å². The number of sulfone groups is 1. The Morgan fingerprint density at radius 2 is 1.74 bits per heavy atom. The second kappa shape index (κ2) is 11.2. The molecule has 8 nitrogen and oxygen atoms in total. The first-order valence-electron chi connectivity index (χ1n) is 11.9. The molecule has 1 amide bonds. The molecule has 0 fully saturated rings. The molecule has 0 saturated heterocycles. The number of carbonyl (C=O) groups excluding carboxylic acids is 2. The fourth-order valence-corrected chi connectivity index (χ4v) is 5.08. The van der Waals surface area contributed by atoms with Crippen molar-refractivity contribution in [3.8, 4) is 11.1 Å². The van der Waals surface area contributed by atoms with Gasteiger partial charge in [-0.2, -0.15) is 0 Å². The van der Waals surface area contributed by atoms with E-state index in [2.05, 4.69) is 20.9 Å². The molecule has 38 heavy (non-hydrogen) atoms. The Balaban J connectivity index is 2.37. The number of rotatable bonds is 6. The second-order valence-corrected chi connectivity index (χ2v) is 12.7. The highest BCUT2D eigenvalue weighted by molar-refractivity contribution is 9.10. The molecular weight excluding hydrogens is 572 g/mol. The molecular formula is C28H31BrN2O6S. The van der Waals surface area contributed by atoms with Gasteiger partial charge < -0.3 is 9.47 Å². The number of hydrogen-bond acceptors (Lipinski definition) is 7. The molecule has 0 unspecified atom stereocenters. The van der Waals surface area contributed by atoms with Crippen LogP contribution in [-0.4, -0.2) is 43.9 Å². The van der Waals surface area contributed by atoms with Gasteiger partial charge in [-0.05, 0) is 103 Å². The Kier molecular flexibility index (Phi) is 8.68. The van der Waals surface area contributed by atoms with Crippen molar-refractivity contribution in [3.05, 3.63) is 69.8 Å². The molecule has 0 radical (unpaired) electrons. The summed E-state index contributed by atoms with van der Waals surface area (Å²) in [6, 6.07) is 11.6. The van der Waals surface area contributed by atoms with Gasteiger partial charge in [-0.25, -0.2) is 27.9 Å². The van der Waals surface area contributed by atoms with Crippen LogP contribution in [0.4, 0.5) is 16.3 Å². The lowest BCUT2D eigenvalue weighted by atomic mass is 9.97. The van der Waals surface area contributed by atoms with Gasteiger partial charge in [0, 0.05) is 6.20 Å². The zero-order valence-corrected chi connectivity index (χ0v) is 24.9. The minimum absolute atomic E-state index is 0.0531. The Bertz CT molecular complexity index is 1500. The first-order valence-corrected chi connectivity index (χ1v) is 14.3. The lowest BCUT2D eigenvalue weighted by Gasteiger charge is -2.29. The normalized spacial score (nSPS) is 11.7. The van der Waals surface area contributed by atoms with Gasteiger partial charge >= 0.3 is 12.1 Å².